The van der Waals surface area contributed by atoms with Crippen LogP contribution in [0, 0.1) is 5.82 Å². The lowest BCUT2D eigenvalue weighted by molar-refractivity contribution is -0.137. The zero-order valence-corrected chi connectivity index (χ0v) is 16.6. The molecule has 0 spiro atoms. The summed E-state index contributed by atoms with van der Waals surface area (Å²) in [5.74, 6) is -0.530. The molecule has 3 heterocycles. The van der Waals surface area contributed by atoms with Gasteiger partial charge in [0.25, 0.3) is 5.56 Å². The van der Waals surface area contributed by atoms with Gasteiger partial charge in [0.2, 0.25) is 0 Å². The van der Waals surface area contributed by atoms with E-state index in [4.69, 9.17) is 0 Å². The van der Waals surface area contributed by atoms with Gasteiger partial charge in [-0.2, -0.15) is 13.2 Å². The number of fused-ring (bicyclic) bond motifs is 1. The highest BCUT2D eigenvalue weighted by Crippen LogP contribution is 2.31. The molecule has 0 fully saturated rings. The van der Waals surface area contributed by atoms with E-state index in [2.05, 4.69) is 15.0 Å². The van der Waals surface area contributed by atoms with Crippen LogP contribution < -0.4 is 5.56 Å². The molecule has 3 aromatic heterocycles. The van der Waals surface area contributed by atoms with E-state index in [1.54, 1.807) is 13.0 Å². The van der Waals surface area contributed by atoms with E-state index in [1.807, 2.05) is 0 Å². The van der Waals surface area contributed by atoms with E-state index in [0.29, 0.717) is 11.8 Å². The van der Waals surface area contributed by atoms with Gasteiger partial charge in [0, 0.05) is 11.8 Å². The molecule has 164 valence electrons. The molecule has 1 aromatic carbocycles. The van der Waals surface area contributed by atoms with Gasteiger partial charge in [0.05, 0.1) is 47.0 Å². The van der Waals surface area contributed by atoms with E-state index in [9.17, 15) is 27.5 Å². The van der Waals surface area contributed by atoms with Crippen LogP contribution in [0.1, 0.15) is 18.5 Å². The number of nitrogens with zero attached hydrogens (tertiary/aromatic N) is 4. The molecule has 0 aliphatic heterocycles. The fourth-order valence-electron chi connectivity index (χ4n) is 3.23. The Morgan fingerprint density at radius 3 is 2.50 bits per heavy atom. The molecule has 6 nitrogen and oxygen atoms in total. The number of benzene rings is 1. The Balaban J connectivity index is 1.99. The van der Waals surface area contributed by atoms with Gasteiger partial charge in [-0.1, -0.05) is 12.1 Å². The molecule has 32 heavy (non-hydrogen) atoms. The third kappa shape index (κ3) is 3.96. The summed E-state index contributed by atoms with van der Waals surface area (Å²) in [6.07, 6.45) is -2.60. The summed E-state index contributed by atoms with van der Waals surface area (Å²) in [6, 6.07) is 8.35. The third-order valence-electron chi connectivity index (χ3n) is 4.96. The van der Waals surface area contributed by atoms with Crippen molar-refractivity contribution in [1.82, 2.24) is 19.5 Å². The van der Waals surface area contributed by atoms with Crippen molar-refractivity contribution in [1.29, 1.82) is 0 Å². The molecule has 4 aromatic rings. The molecule has 0 saturated heterocycles. The summed E-state index contributed by atoms with van der Waals surface area (Å²) in [6.45, 7) is 1.32. The molecule has 0 aliphatic rings. The molecule has 1 unspecified atom stereocenters. The Kier molecular flexibility index (Phi) is 5.47. The van der Waals surface area contributed by atoms with Crippen LogP contribution in [-0.2, 0) is 6.18 Å². The summed E-state index contributed by atoms with van der Waals surface area (Å²) in [5.41, 5.74) is -0.472. The van der Waals surface area contributed by atoms with Gasteiger partial charge in [-0.3, -0.25) is 14.3 Å². The minimum atomic E-state index is -4.55. The van der Waals surface area contributed by atoms with E-state index in [-0.39, 0.29) is 34.6 Å². The zero-order valence-electron chi connectivity index (χ0n) is 16.6. The van der Waals surface area contributed by atoms with Gasteiger partial charge in [-0.15, -0.1) is 0 Å². The maximum atomic E-state index is 13.9. The predicted octanol–water partition coefficient (Wildman–Crippen LogP) is 4.23. The molecule has 0 amide bonds. The van der Waals surface area contributed by atoms with Crippen LogP contribution in [0.4, 0.5) is 17.6 Å². The van der Waals surface area contributed by atoms with Crippen LogP contribution in [0.5, 0.6) is 0 Å². The molecule has 0 radical (unpaired) electrons. The van der Waals surface area contributed by atoms with Gasteiger partial charge in [-0.05, 0) is 37.3 Å². The highest BCUT2D eigenvalue weighted by molar-refractivity contribution is 5.93. The summed E-state index contributed by atoms with van der Waals surface area (Å²) in [7, 11) is 0. The maximum Gasteiger partial charge on any atom is 0.417 e. The highest BCUT2D eigenvalue weighted by Gasteiger charge is 2.30. The number of rotatable bonds is 4. The van der Waals surface area contributed by atoms with Gasteiger partial charge >= 0.3 is 6.18 Å². The lowest BCUT2D eigenvalue weighted by atomic mass is 10.1. The second-order valence-electron chi connectivity index (χ2n) is 7.18. The van der Waals surface area contributed by atoms with Gasteiger partial charge in [0.15, 0.2) is 0 Å². The molecular formula is C22H16F4N4O2. The number of hydrogen-bond donors (Lipinski definition) is 1. The lowest BCUT2D eigenvalue weighted by Gasteiger charge is -2.14. The first-order valence-electron chi connectivity index (χ1n) is 9.51. The van der Waals surface area contributed by atoms with Crippen LogP contribution in [0.3, 0.4) is 0 Å². The molecule has 0 aliphatic carbocycles. The molecule has 0 saturated carbocycles. The molecule has 4 rings (SSSR count). The zero-order chi connectivity index (χ0) is 23.0. The Morgan fingerprint density at radius 2 is 1.88 bits per heavy atom. The first-order valence-corrected chi connectivity index (χ1v) is 9.51. The van der Waals surface area contributed by atoms with E-state index >= 15 is 0 Å². The average molecular weight is 444 g/mol. The van der Waals surface area contributed by atoms with Crippen molar-refractivity contribution < 1.29 is 22.7 Å². The highest BCUT2D eigenvalue weighted by atomic mass is 19.4. The van der Waals surface area contributed by atoms with Crippen LogP contribution in [-0.4, -0.2) is 31.2 Å². The second-order valence-corrected chi connectivity index (χ2v) is 7.18. The smallest absolute Gasteiger partial charge is 0.394 e. The maximum absolute atomic E-state index is 13.9. The van der Waals surface area contributed by atoms with E-state index < -0.39 is 29.2 Å². The van der Waals surface area contributed by atoms with Crippen molar-refractivity contribution in [3.63, 3.8) is 0 Å². The van der Waals surface area contributed by atoms with Crippen molar-refractivity contribution >= 4 is 10.9 Å². The molecule has 1 atom stereocenters. The van der Waals surface area contributed by atoms with Crippen molar-refractivity contribution in [2.24, 2.45) is 0 Å². The third-order valence-corrected chi connectivity index (χ3v) is 4.96. The quantitative estimate of drug-likeness (QED) is 0.477. The summed E-state index contributed by atoms with van der Waals surface area (Å²) >= 11 is 0. The fourth-order valence-corrected chi connectivity index (χ4v) is 3.23. The van der Waals surface area contributed by atoms with Crippen LogP contribution in [0.2, 0.25) is 0 Å². The second kappa shape index (κ2) is 8.12. The number of aromatic nitrogens is 4. The number of aliphatic hydroxyl groups excluding tert-OH is 1. The van der Waals surface area contributed by atoms with Crippen molar-refractivity contribution in [3.8, 4) is 22.6 Å². The topological polar surface area (TPSA) is 80.9 Å². The first-order chi connectivity index (χ1) is 15.2. The lowest BCUT2D eigenvalue weighted by Crippen LogP contribution is -2.26. The predicted molar refractivity (Wildman–Crippen MR) is 109 cm³/mol. The number of aliphatic hydroxyl groups is 1. The van der Waals surface area contributed by atoms with Crippen LogP contribution >= 0.6 is 0 Å². The number of pyridine rings is 2. The normalized spacial score (nSPS) is 12.8. The van der Waals surface area contributed by atoms with Crippen molar-refractivity contribution in [2.45, 2.75) is 19.1 Å². The first kappa shape index (κ1) is 21.6. The van der Waals surface area contributed by atoms with Gasteiger partial charge in [0.1, 0.15) is 11.3 Å². The Bertz CT molecular complexity index is 1350. The minimum Gasteiger partial charge on any atom is -0.394 e. The molecule has 1 N–H and O–H groups in total. The monoisotopic (exact) mass is 444 g/mol. The molecule has 0 bridgehead atoms. The summed E-state index contributed by atoms with van der Waals surface area (Å²) < 4.78 is 53.8. The fraction of sp³-hybridized carbons (Fsp3) is 0.182. The van der Waals surface area contributed by atoms with Crippen LogP contribution in [0.15, 0.2) is 59.8 Å². The van der Waals surface area contributed by atoms with Crippen molar-refractivity contribution in [3.05, 3.63) is 76.7 Å². The minimum absolute atomic E-state index is 0.0996. The largest absolute Gasteiger partial charge is 0.417 e. The van der Waals surface area contributed by atoms with Crippen LogP contribution in [0.25, 0.3) is 33.5 Å². The SMILES string of the molecule is CC(CO)n1cnc2c(-c3cccc(F)c3)nc(-c3ccc(C(F)(F)F)cn3)cc2c1=O. The number of alkyl halides is 3. The summed E-state index contributed by atoms with van der Waals surface area (Å²) in [4.78, 5) is 25.7. The van der Waals surface area contributed by atoms with E-state index in [1.165, 1.54) is 35.2 Å². The van der Waals surface area contributed by atoms with Gasteiger partial charge < -0.3 is 5.11 Å². The molecule has 10 heteroatoms. The number of halogens is 4. The van der Waals surface area contributed by atoms with Gasteiger partial charge in [-0.25, -0.2) is 14.4 Å². The Hall–Kier alpha value is -3.66. The van der Waals surface area contributed by atoms with Crippen molar-refractivity contribution in [2.75, 3.05) is 6.61 Å². The Labute approximate surface area is 178 Å². The molecular weight excluding hydrogens is 428 g/mol. The summed E-state index contributed by atoms with van der Waals surface area (Å²) in [5, 5.41) is 9.54. The Morgan fingerprint density at radius 1 is 1.09 bits per heavy atom. The van der Waals surface area contributed by atoms with E-state index in [0.717, 1.165) is 12.1 Å². The average Bonchev–Trinajstić information content (AvgIpc) is 2.78. The standard InChI is InChI=1S/C22H16F4N4O2/c1-12(10-31)30-11-28-20-16(21(30)32)8-18(17-6-5-14(9-27-17)22(24,25)26)29-19(20)13-3-2-4-15(23)7-13/h2-9,11-12,31H,10H2,1H3. The number of hydrogen-bond acceptors (Lipinski definition) is 5.